The first-order chi connectivity index (χ1) is 25.1. The first kappa shape index (κ1) is 35.9. The second-order valence-corrected chi connectivity index (χ2v) is 10.4. The lowest BCUT2D eigenvalue weighted by Gasteiger charge is -2.15. The molecule has 3 aromatic carbocycles. The monoisotopic (exact) mass is 716 g/mol. The van der Waals surface area contributed by atoms with Gasteiger partial charge < -0.3 is 9.47 Å². The number of alkyl halides is 6. The van der Waals surface area contributed by atoms with E-state index in [9.17, 15) is 68.4 Å². The van der Waals surface area contributed by atoms with E-state index in [2.05, 4.69) is 9.47 Å². The van der Waals surface area contributed by atoms with Gasteiger partial charge >= 0.3 is 12.7 Å². The molecule has 0 bridgehead atoms. The molecule has 0 saturated heterocycles. The van der Waals surface area contributed by atoms with E-state index in [-0.39, 0.29) is 11.1 Å². The van der Waals surface area contributed by atoms with Gasteiger partial charge in [-0.2, -0.15) is 42.1 Å². The number of allylic oxidation sites excluding steroid dienone is 8. The van der Waals surface area contributed by atoms with Crippen LogP contribution in [0.15, 0.2) is 53.6 Å². The summed E-state index contributed by atoms with van der Waals surface area (Å²) < 4.78 is 105. The van der Waals surface area contributed by atoms with Gasteiger partial charge in [0, 0.05) is 44.5 Å². The van der Waals surface area contributed by atoms with Crippen LogP contribution in [0.3, 0.4) is 0 Å². The zero-order valence-corrected chi connectivity index (χ0v) is 25.6. The first-order valence-electron chi connectivity index (χ1n) is 14.0. The van der Waals surface area contributed by atoms with Crippen LogP contribution in [0, 0.1) is 96.5 Å². The van der Waals surface area contributed by atoms with Crippen LogP contribution in [0.5, 0.6) is 11.5 Å². The number of rotatable bonds is 4. The van der Waals surface area contributed by atoms with Crippen molar-refractivity contribution in [1.29, 1.82) is 42.1 Å². The van der Waals surface area contributed by atoms with Gasteiger partial charge in [0.25, 0.3) is 0 Å². The van der Waals surface area contributed by atoms with Gasteiger partial charge in [-0.25, -0.2) is 4.39 Å². The van der Waals surface area contributed by atoms with E-state index >= 15 is 4.39 Å². The minimum atomic E-state index is -5.31. The lowest BCUT2D eigenvalue weighted by molar-refractivity contribution is -0.275. The second-order valence-electron chi connectivity index (χ2n) is 10.4. The van der Waals surface area contributed by atoms with Crippen molar-refractivity contribution in [3.05, 3.63) is 104 Å². The summed E-state index contributed by atoms with van der Waals surface area (Å²) >= 11 is 0. The Morgan fingerprint density at radius 3 is 1.15 bits per heavy atom. The number of benzene rings is 3. The number of hydrogen-bond acceptors (Lipinski definition) is 10. The third-order valence-electron chi connectivity index (χ3n) is 7.71. The summed E-state index contributed by atoms with van der Waals surface area (Å²) in [6.07, 6.45) is -10.6. The molecule has 5 rings (SSSR count). The average Bonchev–Trinajstić information content (AvgIpc) is 3.61. The lowest BCUT2D eigenvalue weighted by atomic mass is 9.88. The number of nitrogens with zero attached hydrogens (tertiary/aromatic N) is 8. The summed E-state index contributed by atoms with van der Waals surface area (Å²) in [5.41, 5.74) is -9.17. The molecule has 53 heavy (non-hydrogen) atoms. The van der Waals surface area contributed by atoms with Crippen molar-refractivity contribution in [2.75, 3.05) is 0 Å². The number of nitriles is 8. The van der Waals surface area contributed by atoms with Crippen molar-refractivity contribution in [3.8, 4) is 60.1 Å². The summed E-state index contributed by atoms with van der Waals surface area (Å²) in [5, 5.41) is 79.0. The van der Waals surface area contributed by atoms with E-state index in [4.69, 9.17) is 0 Å². The van der Waals surface area contributed by atoms with Crippen molar-refractivity contribution in [3.63, 3.8) is 0 Å². The number of fused-ring (bicyclic) bond motifs is 2. The van der Waals surface area contributed by atoms with Crippen LogP contribution < -0.4 is 9.47 Å². The summed E-state index contributed by atoms with van der Waals surface area (Å²) in [6.45, 7) is 0. The van der Waals surface area contributed by atoms with Crippen LogP contribution >= 0.6 is 0 Å². The molecule has 2 aliphatic rings. The summed E-state index contributed by atoms with van der Waals surface area (Å²) in [7, 11) is 0. The van der Waals surface area contributed by atoms with Gasteiger partial charge in [0.05, 0.1) is 22.3 Å². The fraction of sp³-hybridized carbons (Fsp3) is 0.0556. The Kier molecular flexibility index (Phi) is 8.93. The first-order valence-corrected chi connectivity index (χ1v) is 14.0. The lowest BCUT2D eigenvalue weighted by Crippen LogP contribution is -2.18. The van der Waals surface area contributed by atoms with Gasteiger partial charge in [-0.3, -0.25) is 0 Å². The molecule has 0 N–H and O–H groups in total. The minimum absolute atomic E-state index is 0.356. The molecule has 2 aliphatic carbocycles. The standard InChI is InChI=1S/C36H7F7N8O2/c37-34-32-22(24(14-50)28(30(32)20(10-46)11-47)16-1-3-18(8-44)26(5-16)52-35(38,39)40)7-23-25(15-51)29(31(33(23)34)21(12-48)13-49)17-2-4-19(9-45)27(6-17)53-36(41,42)43/h1-7H. The van der Waals surface area contributed by atoms with E-state index in [1.165, 1.54) is 36.4 Å². The number of ether oxygens (including phenoxy) is 2. The van der Waals surface area contributed by atoms with Crippen molar-refractivity contribution in [2.24, 2.45) is 0 Å². The zero-order chi connectivity index (χ0) is 39.0. The highest BCUT2D eigenvalue weighted by Gasteiger charge is 2.42. The Morgan fingerprint density at radius 2 is 0.868 bits per heavy atom. The molecule has 0 heterocycles. The van der Waals surface area contributed by atoms with Crippen LogP contribution in [0.25, 0.3) is 33.4 Å². The number of halogens is 7. The van der Waals surface area contributed by atoms with E-state index in [1.807, 2.05) is 0 Å². The van der Waals surface area contributed by atoms with Gasteiger partial charge in [0.2, 0.25) is 0 Å². The summed E-state index contributed by atoms with van der Waals surface area (Å²) in [5.74, 6) is -3.55. The molecule has 0 saturated carbocycles. The fourth-order valence-corrected chi connectivity index (χ4v) is 5.84. The zero-order valence-electron chi connectivity index (χ0n) is 25.6. The SMILES string of the molecule is N#CC(C#N)=C1C(c2ccc(C#N)c(OC(F)(F)F)c2)=C(C#N)c2cc3c(c(F)c21)C(=C(C#N)C#N)C(c1ccc(C#N)c(OC(F)(F)F)c1)=C3C#N. The minimum Gasteiger partial charge on any atom is -0.404 e. The third kappa shape index (κ3) is 6.07. The predicted octanol–water partition coefficient (Wildman–Crippen LogP) is 7.86. The molecular weight excluding hydrogens is 709 g/mol. The Balaban J connectivity index is 1.93. The van der Waals surface area contributed by atoms with Gasteiger partial charge in [0.15, 0.2) is 0 Å². The van der Waals surface area contributed by atoms with Crippen LogP contribution in [-0.2, 0) is 0 Å². The molecule has 0 radical (unpaired) electrons. The molecule has 0 aromatic heterocycles. The molecule has 252 valence electrons. The van der Waals surface area contributed by atoms with Crippen molar-refractivity contribution < 1.29 is 40.2 Å². The Morgan fingerprint density at radius 1 is 0.509 bits per heavy atom. The van der Waals surface area contributed by atoms with Crippen molar-refractivity contribution >= 4 is 33.4 Å². The third-order valence-corrected chi connectivity index (χ3v) is 7.71. The van der Waals surface area contributed by atoms with Crippen molar-refractivity contribution in [2.45, 2.75) is 12.7 Å². The van der Waals surface area contributed by atoms with Crippen LogP contribution in [0.2, 0.25) is 0 Å². The van der Waals surface area contributed by atoms with Crippen LogP contribution in [0.1, 0.15) is 44.5 Å². The smallest absolute Gasteiger partial charge is 0.404 e. The molecule has 0 amide bonds. The highest BCUT2D eigenvalue weighted by molar-refractivity contribution is 6.30. The fourth-order valence-electron chi connectivity index (χ4n) is 5.84. The molecule has 10 nitrogen and oxygen atoms in total. The molecule has 0 spiro atoms. The normalized spacial score (nSPS) is 12.8. The Labute approximate surface area is 292 Å². The van der Waals surface area contributed by atoms with E-state index in [1.54, 1.807) is 12.1 Å². The Hall–Kier alpha value is -8.35. The average molecular weight is 716 g/mol. The molecule has 3 aromatic rings. The highest BCUT2D eigenvalue weighted by atomic mass is 19.4. The molecule has 0 fully saturated rings. The maximum absolute atomic E-state index is 17.3. The predicted molar refractivity (Wildman–Crippen MR) is 163 cm³/mol. The van der Waals surface area contributed by atoms with Gasteiger partial charge in [0.1, 0.15) is 77.0 Å². The maximum atomic E-state index is 17.3. The van der Waals surface area contributed by atoms with Crippen LogP contribution in [0.4, 0.5) is 30.7 Å². The summed E-state index contributed by atoms with van der Waals surface area (Å²) in [6, 6.07) is 18.8. The maximum Gasteiger partial charge on any atom is 0.573 e. The largest absolute Gasteiger partial charge is 0.573 e. The molecule has 0 aliphatic heterocycles. The molecule has 0 unspecified atom stereocenters. The quantitative estimate of drug-likeness (QED) is 0.188. The van der Waals surface area contributed by atoms with Gasteiger partial charge in [-0.1, -0.05) is 12.1 Å². The molecule has 17 heteroatoms. The van der Waals surface area contributed by atoms with E-state index < -0.39 is 108 Å². The van der Waals surface area contributed by atoms with Gasteiger partial charge in [-0.05, 0) is 41.5 Å². The molecular formula is C36H7F7N8O2. The highest BCUT2D eigenvalue weighted by Crippen LogP contribution is 2.56. The van der Waals surface area contributed by atoms with E-state index in [0.717, 1.165) is 30.3 Å². The second kappa shape index (κ2) is 13.2. The number of hydrogen-bond donors (Lipinski definition) is 0. The molecule has 0 atom stereocenters. The Bertz CT molecular complexity index is 2480. The van der Waals surface area contributed by atoms with Crippen molar-refractivity contribution in [1.82, 2.24) is 0 Å². The topological polar surface area (TPSA) is 209 Å². The van der Waals surface area contributed by atoms with Crippen LogP contribution in [-0.4, -0.2) is 12.7 Å². The van der Waals surface area contributed by atoms with E-state index in [0.29, 0.717) is 12.1 Å². The van der Waals surface area contributed by atoms with Gasteiger partial charge in [-0.15, -0.1) is 26.3 Å². The summed E-state index contributed by atoms with van der Waals surface area (Å²) in [4.78, 5) is 0.